The van der Waals surface area contributed by atoms with Crippen LogP contribution in [0.5, 0.6) is 0 Å². The van der Waals surface area contributed by atoms with Crippen molar-refractivity contribution < 1.29 is 20.6 Å². The summed E-state index contributed by atoms with van der Waals surface area (Å²) in [6.45, 7) is 2.56. The van der Waals surface area contributed by atoms with Gasteiger partial charge in [-0.1, -0.05) is 0 Å². The monoisotopic (exact) mass is 188 g/mol. The molecule has 0 radical (unpaired) electrons. The molecule has 0 unspecified atom stereocenters. The fourth-order valence-electron chi connectivity index (χ4n) is 0.919. The molecule has 6 N–H and O–H groups in total. The van der Waals surface area contributed by atoms with Gasteiger partial charge in [-0.2, -0.15) is 0 Å². The van der Waals surface area contributed by atoms with Gasteiger partial charge >= 0.3 is 0 Å². The van der Waals surface area contributed by atoms with E-state index in [2.05, 4.69) is 10.7 Å². The van der Waals surface area contributed by atoms with Crippen LogP contribution < -0.4 is 21.6 Å². The van der Waals surface area contributed by atoms with Crippen molar-refractivity contribution in [2.75, 3.05) is 6.54 Å². The highest BCUT2D eigenvalue weighted by molar-refractivity contribution is 5.71. The lowest BCUT2D eigenvalue weighted by Gasteiger charge is -2.07. The minimum absolute atomic E-state index is 0.563. The molecule has 0 aromatic carbocycles. The van der Waals surface area contributed by atoms with Gasteiger partial charge in [-0.3, -0.25) is 10.7 Å². The summed E-state index contributed by atoms with van der Waals surface area (Å²) in [4.78, 5) is 13.2. The van der Waals surface area contributed by atoms with Gasteiger partial charge in [0.15, 0.2) is 0 Å². The zero-order valence-corrected chi connectivity index (χ0v) is 8.01. The van der Waals surface area contributed by atoms with E-state index in [-0.39, 0.29) is 0 Å². The van der Waals surface area contributed by atoms with E-state index in [9.17, 15) is 9.90 Å². The van der Waals surface area contributed by atoms with Gasteiger partial charge in [0.1, 0.15) is 6.04 Å². The molecule has 0 aliphatic rings. The molecule has 0 heterocycles. The number of carboxylic acid groups (broad SMARTS) is 1. The van der Waals surface area contributed by atoms with Gasteiger partial charge in [-0.25, -0.2) is 0 Å². The fourth-order valence-corrected chi connectivity index (χ4v) is 0.919. The molecule has 13 heavy (non-hydrogen) atoms. The lowest BCUT2D eigenvalue weighted by Crippen LogP contribution is -2.74. The Morgan fingerprint density at radius 1 is 1.62 bits per heavy atom. The molecule has 0 aliphatic heterocycles. The zero-order chi connectivity index (χ0) is 10.3. The van der Waals surface area contributed by atoms with Crippen LogP contribution in [0.25, 0.3) is 0 Å². The highest BCUT2D eigenvalue weighted by Crippen LogP contribution is 1.94. The molecule has 0 aliphatic carbocycles. The van der Waals surface area contributed by atoms with Gasteiger partial charge in [-0.05, 0) is 12.8 Å². The number of hydrogen-bond acceptors (Lipinski definition) is 2. The minimum Gasteiger partial charge on any atom is -0.544 e. The van der Waals surface area contributed by atoms with Gasteiger partial charge < -0.3 is 15.6 Å². The topological polar surface area (TPSA) is 108 Å². The molecule has 76 valence electrons. The molecule has 5 heteroatoms. The van der Waals surface area contributed by atoms with Crippen molar-refractivity contribution in [3.8, 4) is 0 Å². The van der Waals surface area contributed by atoms with E-state index in [1.807, 2.05) is 0 Å². The third kappa shape index (κ3) is 7.27. The largest absolute Gasteiger partial charge is 0.544 e. The number of carbonyl (C=O) groups is 1. The number of amidine groups is 1. The Morgan fingerprint density at radius 3 is 2.69 bits per heavy atom. The van der Waals surface area contributed by atoms with Gasteiger partial charge in [0.2, 0.25) is 5.84 Å². The Balaban J connectivity index is 3.36. The Bertz CT molecular complexity index is 188. The summed E-state index contributed by atoms with van der Waals surface area (Å²) in [5.74, 6) is -0.388. The highest BCUT2D eigenvalue weighted by atomic mass is 16.4. The van der Waals surface area contributed by atoms with Crippen molar-refractivity contribution in [3.05, 3.63) is 0 Å². The van der Waals surface area contributed by atoms with Crippen LogP contribution in [0, 0.1) is 0 Å². The number of nitrogens with one attached hydrogen (secondary N) is 1. The van der Waals surface area contributed by atoms with Gasteiger partial charge in [0.25, 0.3) is 0 Å². The number of quaternary nitrogens is 1. The lowest BCUT2D eigenvalue weighted by atomic mass is 10.1. The van der Waals surface area contributed by atoms with Crippen LogP contribution in [0.3, 0.4) is 0 Å². The summed E-state index contributed by atoms with van der Waals surface area (Å²) >= 11 is 0. The van der Waals surface area contributed by atoms with Gasteiger partial charge in [0.05, 0.1) is 12.5 Å². The maximum atomic E-state index is 10.3. The minimum atomic E-state index is -1.07. The van der Waals surface area contributed by atoms with Crippen LogP contribution in [-0.4, -0.2) is 24.4 Å². The van der Waals surface area contributed by atoms with E-state index in [1.165, 1.54) is 0 Å². The highest BCUT2D eigenvalue weighted by Gasteiger charge is 2.05. The first-order valence-corrected chi connectivity index (χ1v) is 4.41. The SMILES string of the molecule is CC(N)=[NH+]CCCC[C@H]([NH3+])C(=O)[O-]. The van der Waals surface area contributed by atoms with Crippen LogP contribution in [-0.2, 0) is 4.79 Å². The first-order chi connectivity index (χ1) is 6.04. The fraction of sp³-hybridized carbons (Fsp3) is 0.750. The van der Waals surface area contributed by atoms with Crippen LogP contribution >= 0.6 is 0 Å². The second-order valence-corrected chi connectivity index (χ2v) is 3.12. The second-order valence-electron chi connectivity index (χ2n) is 3.12. The Kier molecular flexibility index (Phi) is 5.88. The van der Waals surface area contributed by atoms with Crippen LogP contribution in [0.4, 0.5) is 0 Å². The number of aliphatic carboxylic acids is 1. The number of carboxylic acids is 1. The summed E-state index contributed by atoms with van der Waals surface area (Å²) in [7, 11) is 0. The molecular formula is C8H18N3O2+. The standard InChI is InChI=1S/C8H17N3O2/c1-6(9)11-5-3-2-4-7(10)8(12)13/h7H,2-5,10H2,1H3,(H2,9,11)(H,12,13)/p+1/t7-/m0/s1. The third-order valence-electron chi connectivity index (χ3n) is 1.72. The quantitative estimate of drug-likeness (QED) is 0.224. The predicted octanol–water partition coefficient (Wildman–Crippen LogP) is -4.03. The summed E-state index contributed by atoms with van der Waals surface area (Å²) in [6.07, 6.45) is 2.28. The average molecular weight is 188 g/mol. The van der Waals surface area contributed by atoms with Crippen LogP contribution in [0.1, 0.15) is 26.2 Å². The first-order valence-electron chi connectivity index (χ1n) is 4.41. The number of carbonyl (C=O) groups excluding carboxylic acids is 1. The Hall–Kier alpha value is -1.10. The molecule has 5 nitrogen and oxygen atoms in total. The Morgan fingerprint density at radius 2 is 2.23 bits per heavy atom. The number of unbranched alkanes of at least 4 members (excludes halogenated alkanes) is 1. The molecule has 0 aromatic heterocycles. The molecule has 0 saturated carbocycles. The van der Waals surface area contributed by atoms with E-state index in [1.54, 1.807) is 6.92 Å². The first kappa shape index (κ1) is 11.9. The maximum Gasteiger partial charge on any atom is 0.237 e. The van der Waals surface area contributed by atoms with Crippen LogP contribution in [0.2, 0.25) is 0 Å². The number of rotatable bonds is 6. The summed E-state index contributed by atoms with van der Waals surface area (Å²) < 4.78 is 0. The maximum absolute atomic E-state index is 10.3. The molecule has 0 amide bonds. The average Bonchev–Trinajstić information content (AvgIpc) is 2.02. The Labute approximate surface area is 77.8 Å². The van der Waals surface area contributed by atoms with Crippen molar-refractivity contribution in [2.24, 2.45) is 5.73 Å². The molecule has 0 saturated heterocycles. The summed E-state index contributed by atoms with van der Waals surface area (Å²) in [5, 5.41) is 10.3. The second kappa shape index (κ2) is 6.42. The molecule has 0 spiro atoms. The van der Waals surface area contributed by atoms with Crippen molar-refractivity contribution in [2.45, 2.75) is 32.2 Å². The molecule has 0 bridgehead atoms. The predicted molar refractivity (Wildman–Crippen MR) is 46.2 cm³/mol. The van der Waals surface area contributed by atoms with Gasteiger partial charge in [0, 0.05) is 13.3 Å². The smallest absolute Gasteiger partial charge is 0.237 e. The molecule has 0 rings (SSSR count). The van der Waals surface area contributed by atoms with Crippen molar-refractivity contribution >= 4 is 11.8 Å². The lowest BCUT2D eigenvalue weighted by molar-refractivity contribution is -0.460. The van der Waals surface area contributed by atoms with E-state index in [0.29, 0.717) is 12.3 Å². The van der Waals surface area contributed by atoms with Crippen molar-refractivity contribution in [1.29, 1.82) is 0 Å². The number of hydrogen-bond donors (Lipinski definition) is 3. The van der Waals surface area contributed by atoms with E-state index >= 15 is 0 Å². The summed E-state index contributed by atoms with van der Waals surface area (Å²) in [5.41, 5.74) is 8.83. The van der Waals surface area contributed by atoms with E-state index in [4.69, 9.17) is 5.73 Å². The van der Waals surface area contributed by atoms with E-state index < -0.39 is 12.0 Å². The zero-order valence-electron chi connectivity index (χ0n) is 8.01. The van der Waals surface area contributed by atoms with Crippen LogP contribution in [0.15, 0.2) is 0 Å². The molecule has 0 fully saturated rings. The van der Waals surface area contributed by atoms with Crippen molar-refractivity contribution in [1.82, 2.24) is 0 Å². The molecular weight excluding hydrogens is 170 g/mol. The van der Waals surface area contributed by atoms with Gasteiger partial charge in [-0.15, -0.1) is 0 Å². The van der Waals surface area contributed by atoms with E-state index in [0.717, 1.165) is 19.4 Å². The normalized spacial score (nSPS) is 14.2. The third-order valence-corrected chi connectivity index (χ3v) is 1.72. The summed E-state index contributed by atoms with van der Waals surface area (Å²) in [6, 6.07) is -0.594. The molecule has 0 aromatic rings. The van der Waals surface area contributed by atoms with Crippen molar-refractivity contribution in [3.63, 3.8) is 0 Å². The number of nitrogens with two attached hydrogens (primary N) is 1. The molecule has 1 atom stereocenters.